The van der Waals surface area contributed by atoms with Crippen LogP contribution in [0.1, 0.15) is 53.0 Å². The van der Waals surface area contributed by atoms with E-state index in [-0.39, 0.29) is 35.3 Å². The lowest BCUT2D eigenvalue weighted by Gasteiger charge is -2.33. The molecule has 0 amide bonds. The molecule has 0 N–H and O–H groups in total. The molecule has 1 aromatic carbocycles. The van der Waals surface area contributed by atoms with E-state index < -0.39 is 0 Å². The Morgan fingerprint density at radius 2 is 1.73 bits per heavy atom. The van der Waals surface area contributed by atoms with Gasteiger partial charge in [0, 0.05) is 18.8 Å². The van der Waals surface area contributed by atoms with Crippen molar-refractivity contribution < 1.29 is 9.53 Å². The molecule has 0 aliphatic rings. The van der Waals surface area contributed by atoms with Crippen molar-refractivity contribution in [2.24, 2.45) is 5.41 Å². The molecule has 0 saturated carbocycles. The van der Waals surface area contributed by atoms with E-state index in [0.717, 1.165) is 6.42 Å². The first-order valence-corrected chi connectivity index (χ1v) is 8.88. The van der Waals surface area contributed by atoms with Crippen LogP contribution >= 0.6 is 0 Å². The Bertz CT molecular complexity index is 799. The molecule has 140 valence electrons. The van der Waals surface area contributed by atoms with Gasteiger partial charge in [0.1, 0.15) is 5.75 Å². The molecule has 0 saturated heterocycles. The summed E-state index contributed by atoms with van der Waals surface area (Å²) in [5.41, 5.74) is 1.31. The third-order valence-corrected chi connectivity index (χ3v) is 4.19. The van der Waals surface area contributed by atoms with Crippen molar-refractivity contribution in [3.63, 3.8) is 0 Å². The van der Waals surface area contributed by atoms with Crippen LogP contribution in [0.2, 0.25) is 0 Å². The van der Waals surface area contributed by atoms with Gasteiger partial charge in [0.15, 0.2) is 0 Å². The maximum Gasteiger partial charge on any atom is 0.312 e. The molecule has 5 heteroatoms. The van der Waals surface area contributed by atoms with Gasteiger partial charge in [-0.2, -0.15) is 0 Å². The lowest BCUT2D eigenvalue weighted by Crippen LogP contribution is -2.24. The quantitative estimate of drug-likeness (QED) is 0.581. The third-order valence-electron chi connectivity index (χ3n) is 4.19. The molecule has 0 radical (unpaired) electrons. The van der Waals surface area contributed by atoms with Crippen LogP contribution in [-0.4, -0.2) is 15.5 Å². The molecule has 2 rings (SSSR count). The van der Waals surface area contributed by atoms with Gasteiger partial charge in [-0.3, -0.25) is 14.2 Å². The minimum atomic E-state index is -0.373. The molecule has 1 aromatic heterocycles. The Morgan fingerprint density at radius 1 is 1.08 bits per heavy atom. The van der Waals surface area contributed by atoms with Crippen LogP contribution in [0.3, 0.4) is 0 Å². The average Bonchev–Trinajstić information content (AvgIpc) is 2.52. The van der Waals surface area contributed by atoms with Crippen molar-refractivity contribution in [1.29, 1.82) is 0 Å². The van der Waals surface area contributed by atoms with Crippen LogP contribution in [0.5, 0.6) is 5.75 Å². The number of hydrogen-bond acceptors (Lipinski definition) is 4. The predicted octanol–water partition coefficient (Wildman–Crippen LogP) is 3.95. The highest BCUT2D eigenvalue weighted by atomic mass is 16.5. The van der Waals surface area contributed by atoms with Gasteiger partial charge in [0.2, 0.25) is 0 Å². The number of carbonyl (C=O) groups excluding carboxylic acids is 1. The molecule has 0 spiro atoms. The van der Waals surface area contributed by atoms with Crippen molar-refractivity contribution in [3.8, 4) is 5.75 Å². The van der Waals surface area contributed by atoms with E-state index in [4.69, 9.17) is 4.74 Å². The second kappa shape index (κ2) is 7.85. The monoisotopic (exact) mass is 356 g/mol. The number of nitrogens with zero attached hydrogens (tertiary/aromatic N) is 2. The second-order valence-electron chi connectivity index (χ2n) is 8.48. The lowest BCUT2D eigenvalue weighted by molar-refractivity contribution is -0.134. The lowest BCUT2D eigenvalue weighted by atomic mass is 9.72. The number of hydrogen-bond donors (Lipinski definition) is 0. The molecule has 0 bridgehead atoms. The number of aromatic nitrogens is 2. The minimum Gasteiger partial charge on any atom is -0.426 e. The zero-order valence-corrected chi connectivity index (χ0v) is 16.3. The van der Waals surface area contributed by atoms with Gasteiger partial charge in [-0.1, -0.05) is 46.8 Å². The molecule has 0 atom stereocenters. The number of ether oxygens (including phenoxy) is 1. The van der Waals surface area contributed by atoms with Crippen LogP contribution in [-0.2, 0) is 16.8 Å². The molecular weight excluding hydrogens is 328 g/mol. The number of aryl methyl sites for hydroxylation is 1. The van der Waals surface area contributed by atoms with Crippen molar-refractivity contribution in [3.05, 3.63) is 58.8 Å². The van der Waals surface area contributed by atoms with Gasteiger partial charge in [-0.05, 0) is 34.9 Å². The summed E-state index contributed by atoms with van der Waals surface area (Å²) >= 11 is 0. The van der Waals surface area contributed by atoms with E-state index >= 15 is 0 Å². The highest BCUT2D eigenvalue weighted by Crippen LogP contribution is 2.36. The number of esters is 1. The molecule has 0 aliphatic heterocycles. The molecule has 0 aliphatic carbocycles. The third kappa shape index (κ3) is 5.83. The second-order valence-corrected chi connectivity index (χ2v) is 8.48. The van der Waals surface area contributed by atoms with E-state index in [1.807, 2.05) is 24.3 Å². The zero-order valence-electron chi connectivity index (χ0n) is 16.3. The fourth-order valence-electron chi connectivity index (χ4n) is 3.34. The highest BCUT2D eigenvalue weighted by Gasteiger charge is 2.27. The summed E-state index contributed by atoms with van der Waals surface area (Å²) < 4.78 is 6.76. The smallest absolute Gasteiger partial charge is 0.312 e. The molecular formula is C21H28N2O3. The summed E-state index contributed by atoms with van der Waals surface area (Å²) in [5, 5.41) is 0. The van der Waals surface area contributed by atoms with Crippen molar-refractivity contribution in [2.75, 3.05) is 0 Å². The maximum absolute atomic E-state index is 12.0. The maximum atomic E-state index is 12.0. The predicted molar refractivity (Wildman–Crippen MR) is 102 cm³/mol. The molecule has 5 nitrogen and oxygen atoms in total. The van der Waals surface area contributed by atoms with E-state index in [2.05, 4.69) is 39.6 Å². The van der Waals surface area contributed by atoms with Gasteiger partial charge in [-0.25, -0.2) is 4.98 Å². The van der Waals surface area contributed by atoms with Gasteiger partial charge in [-0.15, -0.1) is 0 Å². The standard InChI is InChI=1S/C21H28N2O3/c1-20(2,3)14-21(4,5)16-6-8-17(9-7-16)26-19(25)11-13-23-15-22-12-10-18(23)24/h6-10,12,15H,11,13-14H2,1-5H3. The zero-order chi connectivity index (χ0) is 19.4. The van der Waals surface area contributed by atoms with Crippen LogP contribution in [0.15, 0.2) is 47.7 Å². The molecule has 2 aromatic rings. The summed E-state index contributed by atoms with van der Waals surface area (Å²) in [6, 6.07) is 9.05. The van der Waals surface area contributed by atoms with Gasteiger partial charge < -0.3 is 4.74 Å². The Hall–Kier alpha value is -2.43. The number of rotatable bonds is 6. The fraction of sp³-hybridized carbons (Fsp3) is 0.476. The Kier molecular flexibility index (Phi) is 6.01. The first kappa shape index (κ1) is 19.9. The number of carbonyl (C=O) groups is 1. The van der Waals surface area contributed by atoms with Gasteiger partial charge >= 0.3 is 5.97 Å². The Balaban J connectivity index is 1.95. The van der Waals surface area contributed by atoms with Crippen molar-refractivity contribution >= 4 is 5.97 Å². The summed E-state index contributed by atoms with van der Waals surface area (Å²) in [6.07, 6.45) is 4.02. The Morgan fingerprint density at radius 3 is 2.31 bits per heavy atom. The van der Waals surface area contributed by atoms with Crippen LogP contribution in [0, 0.1) is 5.41 Å². The summed E-state index contributed by atoms with van der Waals surface area (Å²) in [5.74, 6) is 0.145. The summed E-state index contributed by atoms with van der Waals surface area (Å²) in [6.45, 7) is 11.4. The SMILES string of the molecule is CC(C)(C)CC(C)(C)c1ccc(OC(=O)CCn2cnccc2=O)cc1. The normalized spacial score (nSPS) is 12.0. The largest absolute Gasteiger partial charge is 0.426 e. The Labute approximate surface area is 155 Å². The number of benzene rings is 1. The van der Waals surface area contributed by atoms with E-state index in [9.17, 15) is 9.59 Å². The highest BCUT2D eigenvalue weighted by molar-refractivity contribution is 5.72. The molecule has 26 heavy (non-hydrogen) atoms. The van der Waals surface area contributed by atoms with Crippen LogP contribution < -0.4 is 10.3 Å². The van der Waals surface area contributed by atoms with E-state index in [1.54, 1.807) is 0 Å². The summed E-state index contributed by atoms with van der Waals surface area (Å²) in [7, 11) is 0. The first-order valence-electron chi connectivity index (χ1n) is 8.88. The summed E-state index contributed by atoms with van der Waals surface area (Å²) in [4.78, 5) is 27.5. The fourth-order valence-corrected chi connectivity index (χ4v) is 3.34. The average molecular weight is 356 g/mol. The topological polar surface area (TPSA) is 61.2 Å². The minimum absolute atomic E-state index is 0.0439. The van der Waals surface area contributed by atoms with Gasteiger partial charge in [0.25, 0.3) is 5.56 Å². The van der Waals surface area contributed by atoms with E-state index in [1.165, 1.54) is 28.7 Å². The van der Waals surface area contributed by atoms with Crippen LogP contribution in [0.25, 0.3) is 0 Å². The van der Waals surface area contributed by atoms with Crippen molar-refractivity contribution in [2.45, 2.75) is 59.4 Å². The molecule has 0 fully saturated rings. The van der Waals surface area contributed by atoms with Crippen molar-refractivity contribution in [1.82, 2.24) is 9.55 Å². The van der Waals surface area contributed by atoms with E-state index in [0.29, 0.717) is 5.75 Å². The molecule has 0 unspecified atom stereocenters. The first-order chi connectivity index (χ1) is 12.1. The van der Waals surface area contributed by atoms with Gasteiger partial charge in [0.05, 0.1) is 12.7 Å². The van der Waals surface area contributed by atoms with Crippen LogP contribution in [0.4, 0.5) is 0 Å². The molecule has 1 heterocycles.